The summed E-state index contributed by atoms with van der Waals surface area (Å²) in [4.78, 5) is 10.7. The lowest BCUT2D eigenvalue weighted by Gasteiger charge is -2.24. The van der Waals surface area contributed by atoms with Crippen LogP contribution in [0.25, 0.3) is 0 Å². The number of benzene rings is 1. The van der Waals surface area contributed by atoms with E-state index in [0.717, 1.165) is 5.69 Å². The Hall–Kier alpha value is -2.21. The number of hydrogen-bond acceptors (Lipinski definition) is 4. The third kappa shape index (κ3) is 2.48. The second-order valence-electron chi connectivity index (χ2n) is 4.90. The average Bonchev–Trinajstić information content (AvgIpc) is 3.14. The minimum atomic E-state index is -0.568. The van der Waals surface area contributed by atoms with Crippen molar-refractivity contribution in [2.45, 2.75) is 19.0 Å². The smallest absolute Gasteiger partial charge is 0.316 e. The molecule has 0 bridgehead atoms. The molecule has 0 saturated heterocycles. The summed E-state index contributed by atoms with van der Waals surface area (Å²) >= 11 is 0. The second kappa shape index (κ2) is 4.47. The molecule has 1 aromatic carbocycles. The molecule has 0 aromatic heterocycles. The summed E-state index contributed by atoms with van der Waals surface area (Å²) in [5, 5.41) is 4.44. The predicted molar refractivity (Wildman–Crippen MR) is 74.0 cm³/mol. The van der Waals surface area contributed by atoms with Crippen molar-refractivity contribution in [1.29, 1.82) is 0 Å². The maximum Gasteiger partial charge on any atom is 0.316 e. The van der Waals surface area contributed by atoms with E-state index in [1.807, 2.05) is 17.1 Å². The van der Waals surface area contributed by atoms with Crippen LogP contribution in [0.4, 0.5) is 16.2 Å². The van der Waals surface area contributed by atoms with Crippen molar-refractivity contribution < 1.29 is 4.79 Å². The van der Waals surface area contributed by atoms with E-state index in [0.29, 0.717) is 11.6 Å². The standard InChI is InChI=1S/C13H17N5O/c14-12-7-11(8-1-2-8)17-18(12)10-5-3-9(4-6-10)16-13(15)19/h3-8,12,17H,1-2,14H2,(H3,15,16,19). The van der Waals surface area contributed by atoms with Crippen molar-refractivity contribution in [2.24, 2.45) is 17.4 Å². The highest BCUT2D eigenvalue weighted by atomic mass is 16.2. The predicted octanol–water partition coefficient (Wildman–Crippen LogP) is 1.08. The number of rotatable bonds is 3. The molecule has 1 saturated carbocycles. The molecule has 2 aliphatic rings. The van der Waals surface area contributed by atoms with E-state index in [4.69, 9.17) is 11.5 Å². The Balaban J connectivity index is 1.71. The van der Waals surface area contributed by atoms with Gasteiger partial charge in [-0.15, -0.1) is 0 Å². The third-order valence-electron chi connectivity index (χ3n) is 3.33. The number of hydrogen-bond donors (Lipinski definition) is 4. The van der Waals surface area contributed by atoms with Gasteiger partial charge in [-0.3, -0.25) is 5.01 Å². The SMILES string of the molecule is NC(=O)Nc1ccc(N2NC(C3CC3)=CC2N)cc1. The number of nitrogens with one attached hydrogen (secondary N) is 2. The highest BCUT2D eigenvalue weighted by molar-refractivity contribution is 5.87. The molecule has 6 N–H and O–H groups in total. The molecule has 2 amide bonds. The number of primary amides is 1. The molecule has 1 aliphatic carbocycles. The highest BCUT2D eigenvalue weighted by Crippen LogP contribution is 2.37. The fourth-order valence-corrected chi connectivity index (χ4v) is 2.22. The molecule has 0 radical (unpaired) electrons. The number of hydrazine groups is 1. The number of nitrogens with two attached hydrogens (primary N) is 2. The van der Waals surface area contributed by atoms with E-state index < -0.39 is 6.03 Å². The van der Waals surface area contributed by atoms with Gasteiger partial charge in [-0.1, -0.05) is 0 Å². The average molecular weight is 259 g/mol. The summed E-state index contributed by atoms with van der Waals surface area (Å²) in [6.07, 6.45) is 4.38. The normalized spacial score (nSPS) is 21.8. The molecule has 1 aromatic rings. The van der Waals surface area contributed by atoms with Crippen molar-refractivity contribution in [3.05, 3.63) is 36.0 Å². The topological polar surface area (TPSA) is 96.4 Å². The zero-order valence-corrected chi connectivity index (χ0v) is 10.5. The van der Waals surface area contributed by atoms with E-state index in [1.54, 1.807) is 12.1 Å². The van der Waals surface area contributed by atoms with Gasteiger partial charge in [0.15, 0.2) is 0 Å². The first-order valence-electron chi connectivity index (χ1n) is 6.33. The summed E-state index contributed by atoms with van der Waals surface area (Å²) in [6.45, 7) is 0. The Morgan fingerprint density at radius 3 is 2.58 bits per heavy atom. The molecule has 19 heavy (non-hydrogen) atoms. The summed E-state index contributed by atoms with van der Waals surface area (Å²) in [5.74, 6) is 0.645. The minimum Gasteiger partial charge on any atom is -0.351 e. The van der Waals surface area contributed by atoms with E-state index >= 15 is 0 Å². The van der Waals surface area contributed by atoms with E-state index in [1.165, 1.54) is 18.5 Å². The number of carbonyl (C=O) groups excluding carboxylic acids is 1. The summed E-state index contributed by atoms with van der Waals surface area (Å²) < 4.78 is 0. The van der Waals surface area contributed by atoms with Gasteiger partial charge >= 0.3 is 6.03 Å². The summed E-state index contributed by atoms with van der Waals surface area (Å²) in [7, 11) is 0. The number of carbonyl (C=O) groups is 1. The van der Waals surface area contributed by atoms with Crippen LogP contribution in [0, 0.1) is 5.92 Å². The quantitative estimate of drug-likeness (QED) is 0.653. The Morgan fingerprint density at radius 1 is 1.32 bits per heavy atom. The van der Waals surface area contributed by atoms with Gasteiger partial charge in [-0.2, -0.15) is 0 Å². The Bertz CT molecular complexity index is 520. The van der Waals surface area contributed by atoms with Gasteiger partial charge in [0, 0.05) is 17.3 Å². The fourth-order valence-electron chi connectivity index (χ4n) is 2.22. The van der Waals surface area contributed by atoms with Crippen LogP contribution >= 0.6 is 0 Å². The largest absolute Gasteiger partial charge is 0.351 e. The van der Waals surface area contributed by atoms with E-state index in [9.17, 15) is 4.79 Å². The van der Waals surface area contributed by atoms with Crippen molar-refractivity contribution in [2.75, 3.05) is 10.3 Å². The van der Waals surface area contributed by atoms with Gasteiger partial charge in [0.2, 0.25) is 0 Å². The lowest BCUT2D eigenvalue weighted by atomic mass is 10.2. The molecule has 3 rings (SSSR count). The third-order valence-corrected chi connectivity index (χ3v) is 3.33. The van der Waals surface area contributed by atoms with Crippen molar-refractivity contribution in [1.82, 2.24) is 5.43 Å². The molecule has 6 heteroatoms. The molecule has 100 valence electrons. The summed E-state index contributed by atoms with van der Waals surface area (Å²) in [6, 6.07) is 6.80. The van der Waals surface area contributed by atoms with Gasteiger partial charge in [0.05, 0.1) is 5.69 Å². The van der Waals surface area contributed by atoms with Gasteiger partial charge in [-0.05, 0) is 43.2 Å². The van der Waals surface area contributed by atoms with Gasteiger partial charge in [0.1, 0.15) is 6.17 Å². The van der Waals surface area contributed by atoms with E-state index in [2.05, 4.69) is 16.8 Å². The molecular weight excluding hydrogens is 242 g/mol. The first-order chi connectivity index (χ1) is 9.13. The first-order valence-corrected chi connectivity index (χ1v) is 6.33. The molecule has 1 fully saturated rings. The summed E-state index contributed by atoms with van der Waals surface area (Å²) in [5.41, 5.74) is 17.3. The van der Waals surface area contributed by atoms with Crippen LogP contribution in [-0.4, -0.2) is 12.2 Å². The molecule has 1 heterocycles. The van der Waals surface area contributed by atoms with Gasteiger partial charge in [-0.25, -0.2) is 4.79 Å². The highest BCUT2D eigenvalue weighted by Gasteiger charge is 2.32. The molecular formula is C13H17N5O. The zero-order valence-electron chi connectivity index (χ0n) is 10.5. The van der Waals surface area contributed by atoms with Crippen LogP contribution in [0.1, 0.15) is 12.8 Å². The number of amides is 2. The fraction of sp³-hybridized carbons (Fsp3) is 0.308. The zero-order chi connectivity index (χ0) is 13.4. The van der Waals surface area contributed by atoms with Crippen LogP contribution in [0.2, 0.25) is 0 Å². The van der Waals surface area contributed by atoms with Crippen LogP contribution < -0.4 is 27.2 Å². The number of allylic oxidation sites excluding steroid dienone is 1. The van der Waals surface area contributed by atoms with Gasteiger partial charge in [0.25, 0.3) is 0 Å². The number of urea groups is 1. The second-order valence-corrected chi connectivity index (χ2v) is 4.90. The minimum absolute atomic E-state index is 0.162. The lowest BCUT2D eigenvalue weighted by Crippen LogP contribution is -2.43. The Kier molecular flexibility index (Phi) is 2.79. The molecule has 0 spiro atoms. The van der Waals surface area contributed by atoms with Crippen LogP contribution in [0.3, 0.4) is 0 Å². The van der Waals surface area contributed by atoms with Crippen LogP contribution in [0.15, 0.2) is 36.0 Å². The van der Waals surface area contributed by atoms with E-state index in [-0.39, 0.29) is 6.17 Å². The Labute approximate surface area is 111 Å². The monoisotopic (exact) mass is 259 g/mol. The first kappa shape index (κ1) is 11.9. The van der Waals surface area contributed by atoms with Crippen molar-refractivity contribution in [3.8, 4) is 0 Å². The maximum absolute atomic E-state index is 10.7. The van der Waals surface area contributed by atoms with Crippen molar-refractivity contribution in [3.63, 3.8) is 0 Å². The Morgan fingerprint density at radius 2 is 2.00 bits per heavy atom. The maximum atomic E-state index is 10.7. The van der Waals surface area contributed by atoms with Crippen LogP contribution in [-0.2, 0) is 0 Å². The number of nitrogens with zero attached hydrogens (tertiary/aromatic N) is 1. The molecule has 1 unspecified atom stereocenters. The molecule has 1 aliphatic heterocycles. The lowest BCUT2D eigenvalue weighted by molar-refractivity contribution is 0.259. The number of anilines is 2. The van der Waals surface area contributed by atoms with Gasteiger partial charge < -0.3 is 22.2 Å². The van der Waals surface area contributed by atoms with Crippen molar-refractivity contribution >= 4 is 17.4 Å². The molecule has 1 atom stereocenters. The molecule has 6 nitrogen and oxygen atoms in total. The van der Waals surface area contributed by atoms with Crippen LogP contribution in [0.5, 0.6) is 0 Å².